The Labute approximate surface area is 141 Å². The molecule has 0 spiro atoms. The lowest BCUT2D eigenvalue weighted by molar-refractivity contribution is 0.0849. The number of methoxy groups -OCH3 is 1. The molecule has 0 radical (unpaired) electrons. The van der Waals surface area contributed by atoms with E-state index in [2.05, 4.69) is 5.32 Å². The van der Waals surface area contributed by atoms with E-state index in [0.29, 0.717) is 22.8 Å². The summed E-state index contributed by atoms with van der Waals surface area (Å²) in [6.07, 6.45) is -0.209. The highest BCUT2D eigenvalue weighted by atomic mass is 35.5. The number of ether oxygens (including phenoxy) is 1. The van der Waals surface area contributed by atoms with E-state index in [-0.39, 0.29) is 5.91 Å². The number of nitrogens with one attached hydrogen (secondary N) is 1. The van der Waals surface area contributed by atoms with Gasteiger partial charge in [0.2, 0.25) is 0 Å². The predicted octanol–water partition coefficient (Wildman–Crippen LogP) is 3.07. The molecule has 2 unspecified atom stereocenters. The Morgan fingerprint density at radius 2 is 1.96 bits per heavy atom. The zero-order valence-corrected chi connectivity index (χ0v) is 13.9. The molecular weight excluding hydrogens is 314 g/mol. The third kappa shape index (κ3) is 4.71. The molecule has 2 N–H and O–H groups in total. The van der Waals surface area contributed by atoms with E-state index < -0.39 is 12.1 Å². The SMILES string of the molecule is COc1cc(Cl)ccc1C(=O)NC(C)C(O)Cc1ccccc1. The maximum Gasteiger partial charge on any atom is 0.255 e. The molecule has 0 aliphatic carbocycles. The first-order valence-electron chi connectivity index (χ1n) is 7.37. The Hall–Kier alpha value is -2.04. The molecule has 0 heterocycles. The van der Waals surface area contributed by atoms with E-state index in [4.69, 9.17) is 16.3 Å². The molecule has 5 heteroatoms. The van der Waals surface area contributed by atoms with Crippen LogP contribution in [0.4, 0.5) is 0 Å². The van der Waals surface area contributed by atoms with Crippen molar-refractivity contribution in [3.63, 3.8) is 0 Å². The van der Waals surface area contributed by atoms with Crippen LogP contribution in [0.5, 0.6) is 5.75 Å². The van der Waals surface area contributed by atoms with Crippen LogP contribution in [0.3, 0.4) is 0 Å². The van der Waals surface area contributed by atoms with E-state index in [9.17, 15) is 9.90 Å². The minimum Gasteiger partial charge on any atom is -0.496 e. The Bertz CT molecular complexity index is 661. The highest BCUT2D eigenvalue weighted by molar-refractivity contribution is 6.30. The van der Waals surface area contributed by atoms with Gasteiger partial charge in [0, 0.05) is 11.4 Å². The maximum atomic E-state index is 12.4. The number of aliphatic hydroxyl groups excluding tert-OH is 1. The molecule has 2 aromatic rings. The number of benzene rings is 2. The van der Waals surface area contributed by atoms with Gasteiger partial charge in [-0.3, -0.25) is 4.79 Å². The van der Waals surface area contributed by atoms with Crippen LogP contribution in [0, 0.1) is 0 Å². The molecule has 4 nitrogen and oxygen atoms in total. The fraction of sp³-hybridized carbons (Fsp3) is 0.278. The van der Waals surface area contributed by atoms with Crippen molar-refractivity contribution in [2.75, 3.05) is 7.11 Å². The quantitative estimate of drug-likeness (QED) is 0.854. The van der Waals surface area contributed by atoms with Gasteiger partial charge in [-0.15, -0.1) is 0 Å². The molecule has 0 saturated heterocycles. The molecule has 1 amide bonds. The third-order valence-corrected chi connectivity index (χ3v) is 3.87. The molecule has 2 atom stereocenters. The fourth-order valence-corrected chi connectivity index (χ4v) is 2.43. The van der Waals surface area contributed by atoms with Crippen molar-refractivity contribution in [3.05, 3.63) is 64.7 Å². The number of amides is 1. The van der Waals surface area contributed by atoms with Gasteiger partial charge in [-0.25, -0.2) is 0 Å². The van der Waals surface area contributed by atoms with E-state index in [0.717, 1.165) is 5.56 Å². The number of halogens is 1. The highest BCUT2D eigenvalue weighted by Crippen LogP contribution is 2.23. The zero-order valence-electron chi connectivity index (χ0n) is 13.1. The van der Waals surface area contributed by atoms with E-state index >= 15 is 0 Å². The Balaban J connectivity index is 2.02. The molecule has 122 valence electrons. The summed E-state index contributed by atoms with van der Waals surface area (Å²) >= 11 is 5.90. The van der Waals surface area contributed by atoms with Crippen molar-refractivity contribution in [2.24, 2.45) is 0 Å². The molecule has 0 aromatic heterocycles. The first-order chi connectivity index (χ1) is 11.0. The van der Waals surface area contributed by atoms with Crippen LogP contribution in [0.15, 0.2) is 48.5 Å². The summed E-state index contributed by atoms with van der Waals surface area (Å²) in [5.41, 5.74) is 1.40. The van der Waals surface area contributed by atoms with Crippen molar-refractivity contribution in [2.45, 2.75) is 25.5 Å². The second-order valence-electron chi connectivity index (χ2n) is 5.36. The van der Waals surface area contributed by atoms with Gasteiger partial charge in [0.1, 0.15) is 5.75 Å². The van der Waals surface area contributed by atoms with Crippen LogP contribution in [0.1, 0.15) is 22.8 Å². The number of rotatable bonds is 6. The number of carbonyl (C=O) groups is 1. The molecule has 23 heavy (non-hydrogen) atoms. The lowest BCUT2D eigenvalue weighted by Gasteiger charge is -2.21. The summed E-state index contributed by atoms with van der Waals surface area (Å²) in [6.45, 7) is 1.77. The van der Waals surface area contributed by atoms with E-state index in [1.807, 2.05) is 30.3 Å². The second-order valence-corrected chi connectivity index (χ2v) is 5.80. The maximum absolute atomic E-state index is 12.4. The van der Waals surface area contributed by atoms with Crippen molar-refractivity contribution in [1.29, 1.82) is 0 Å². The topological polar surface area (TPSA) is 58.6 Å². The van der Waals surface area contributed by atoms with Crippen molar-refractivity contribution in [1.82, 2.24) is 5.32 Å². The number of hydrogen-bond donors (Lipinski definition) is 2. The lowest BCUT2D eigenvalue weighted by atomic mass is 10.0. The average molecular weight is 334 g/mol. The normalized spacial score (nSPS) is 13.2. The molecular formula is C18H20ClNO3. The third-order valence-electron chi connectivity index (χ3n) is 3.63. The van der Waals surface area contributed by atoms with Crippen LogP contribution in [0.2, 0.25) is 5.02 Å². The Kier molecular flexibility index (Phi) is 6.02. The van der Waals surface area contributed by atoms with E-state index in [1.165, 1.54) is 7.11 Å². The van der Waals surface area contributed by atoms with Gasteiger partial charge in [-0.05, 0) is 30.7 Å². The first-order valence-corrected chi connectivity index (χ1v) is 7.75. The summed E-state index contributed by atoms with van der Waals surface area (Å²) in [4.78, 5) is 12.4. The summed E-state index contributed by atoms with van der Waals surface area (Å²) in [6, 6.07) is 14.1. The summed E-state index contributed by atoms with van der Waals surface area (Å²) < 4.78 is 5.18. The summed E-state index contributed by atoms with van der Waals surface area (Å²) in [5, 5.41) is 13.6. The van der Waals surface area contributed by atoms with Gasteiger partial charge < -0.3 is 15.2 Å². The molecule has 2 rings (SSSR count). The number of aliphatic hydroxyl groups is 1. The number of carbonyl (C=O) groups excluding carboxylic acids is 1. The van der Waals surface area contributed by atoms with Gasteiger partial charge in [0.05, 0.1) is 24.8 Å². The molecule has 0 aliphatic heterocycles. The summed E-state index contributed by atoms with van der Waals surface area (Å²) in [5.74, 6) is 0.0953. The lowest BCUT2D eigenvalue weighted by Crippen LogP contribution is -2.42. The molecule has 0 aliphatic rings. The first kappa shape index (κ1) is 17.3. The summed E-state index contributed by atoms with van der Waals surface area (Å²) in [7, 11) is 1.48. The Morgan fingerprint density at radius 3 is 2.61 bits per heavy atom. The van der Waals surface area contributed by atoms with Crippen molar-refractivity contribution in [3.8, 4) is 5.75 Å². The molecule has 2 aromatic carbocycles. The molecule has 0 bridgehead atoms. The van der Waals surface area contributed by atoms with Gasteiger partial charge in [0.25, 0.3) is 5.91 Å². The van der Waals surface area contributed by atoms with Crippen molar-refractivity contribution >= 4 is 17.5 Å². The smallest absolute Gasteiger partial charge is 0.255 e. The average Bonchev–Trinajstić information content (AvgIpc) is 2.55. The van der Waals surface area contributed by atoms with Gasteiger partial charge in [-0.1, -0.05) is 41.9 Å². The predicted molar refractivity (Wildman–Crippen MR) is 91.1 cm³/mol. The second kappa shape index (κ2) is 7.99. The fourth-order valence-electron chi connectivity index (χ4n) is 2.27. The number of hydrogen-bond acceptors (Lipinski definition) is 3. The van der Waals surface area contributed by atoms with Crippen LogP contribution in [-0.2, 0) is 6.42 Å². The molecule has 0 saturated carbocycles. The van der Waals surface area contributed by atoms with Gasteiger partial charge >= 0.3 is 0 Å². The highest BCUT2D eigenvalue weighted by Gasteiger charge is 2.20. The van der Waals surface area contributed by atoms with Crippen LogP contribution < -0.4 is 10.1 Å². The largest absolute Gasteiger partial charge is 0.496 e. The van der Waals surface area contributed by atoms with Crippen molar-refractivity contribution < 1.29 is 14.6 Å². The molecule has 0 fully saturated rings. The van der Waals surface area contributed by atoms with Crippen LogP contribution in [-0.4, -0.2) is 30.3 Å². The van der Waals surface area contributed by atoms with E-state index in [1.54, 1.807) is 25.1 Å². The van der Waals surface area contributed by atoms with Crippen LogP contribution in [0.25, 0.3) is 0 Å². The monoisotopic (exact) mass is 333 g/mol. The minimum atomic E-state index is -0.681. The van der Waals surface area contributed by atoms with Crippen LogP contribution >= 0.6 is 11.6 Å². The van der Waals surface area contributed by atoms with Gasteiger partial charge in [0.15, 0.2) is 0 Å². The zero-order chi connectivity index (χ0) is 16.8. The minimum absolute atomic E-state index is 0.307. The van der Waals surface area contributed by atoms with Gasteiger partial charge in [-0.2, -0.15) is 0 Å². The Morgan fingerprint density at radius 1 is 1.26 bits per heavy atom. The standard InChI is InChI=1S/C18H20ClNO3/c1-12(16(21)10-13-6-4-3-5-7-13)20-18(22)15-9-8-14(19)11-17(15)23-2/h3-9,11-12,16,21H,10H2,1-2H3,(H,20,22).